The third kappa shape index (κ3) is 7.48. The van der Waals surface area contributed by atoms with Crippen LogP contribution in [0, 0.1) is 0 Å². The van der Waals surface area contributed by atoms with Gasteiger partial charge in [-0.3, -0.25) is 9.36 Å². The average Bonchev–Trinajstić information content (AvgIpc) is 2.95. The molecule has 2 unspecified atom stereocenters. The average molecular weight is 520 g/mol. The lowest BCUT2D eigenvalue weighted by Gasteiger charge is -2.39. The van der Waals surface area contributed by atoms with Crippen LogP contribution in [-0.4, -0.2) is 76.1 Å². The van der Waals surface area contributed by atoms with Crippen molar-refractivity contribution in [3.05, 3.63) is 35.9 Å². The van der Waals surface area contributed by atoms with E-state index in [2.05, 4.69) is 0 Å². The van der Waals surface area contributed by atoms with Crippen molar-refractivity contribution in [2.45, 2.75) is 62.8 Å². The van der Waals surface area contributed by atoms with Crippen molar-refractivity contribution in [1.29, 1.82) is 0 Å². The lowest BCUT2D eigenvalue weighted by molar-refractivity contribution is -0.159. The van der Waals surface area contributed by atoms with Crippen LogP contribution < -0.4 is 0 Å². The Morgan fingerprint density at radius 3 is 2.35 bits per heavy atom. The van der Waals surface area contributed by atoms with Gasteiger partial charge in [0.15, 0.2) is 7.37 Å². The molecule has 1 aromatic carbocycles. The minimum atomic E-state index is -3.93. The van der Waals surface area contributed by atoms with Crippen molar-refractivity contribution in [1.82, 2.24) is 0 Å². The van der Waals surface area contributed by atoms with Gasteiger partial charge in [0.25, 0.3) is 5.66 Å². The van der Waals surface area contributed by atoms with Gasteiger partial charge in [0.1, 0.15) is 32.8 Å². The minimum Gasteiger partial charge on any atom is -0.458 e. The second-order valence-electron chi connectivity index (χ2n) is 9.04. The Balaban J connectivity index is 2.50. The van der Waals surface area contributed by atoms with Crippen LogP contribution in [0.25, 0.3) is 0 Å². The van der Waals surface area contributed by atoms with Crippen LogP contribution in [0.15, 0.2) is 30.3 Å². The van der Waals surface area contributed by atoms with E-state index in [1.54, 1.807) is 31.2 Å². The molecule has 0 amide bonds. The number of ether oxygens (including phenoxy) is 3. The van der Waals surface area contributed by atoms with Crippen LogP contribution in [0.4, 0.5) is 8.78 Å². The second kappa shape index (κ2) is 11.3. The molecule has 34 heavy (non-hydrogen) atoms. The number of alkyl halides is 2. The third-order valence-electron chi connectivity index (χ3n) is 5.73. The molecule has 1 saturated heterocycles. The Bertz CT molecular complexity index is 927. The van der Waals surface area contributed by atoms with Crippen LogP contribution >= 0.6 is 14.5 Å². The lowest BCUT2D eigenvalue weighted by atomic mass is 9.85. The molecule has 0 aliphatic carbocycles. The molecule has 1 aromatic rings. The van der Waals surface area contributed by atoms with E-state index >= 15 is 8.78 Å². The van der Waals surface area contributed by atoms with E-state index in [0.29, 0.717) is 0 Å². The molecular formula is C22H33BF2O7P2. The highest BCUT2D eigenvalue weighted by molar-refractivity contribution is 7.63. The van der Waals surface area contributed by atoms with E-state index in [1.807, 2.05) is 6.07 Å². The number of rotatable bonds is 12. The molecule has 0 saturated carbocycles. The first kappa shape index (κ1) is 29.2. The van der Waals surface area contributed by atoms with Gasteiger partial charge in [-0.25, -0.2) is 0 Å². The Hall–Kier alpha value is -1.05. The van der Waals surface area contributed by atoms with Gasteiger partial charge in [-0.15, -0.1) is 0 Å². The zero-order valence-corrected chi connectivity index (χ0v) is 22.0. The maximum Gasteiger partial charge on any atom is 0.303 e. The molecule has 0 spiro atoms. The first-order chi connectivity index (χ1) is 15.6. The summed E-state index contributed by atoms with van der Waals surface area (Å²) >= 11 is 0. The third-order valence-corrected chi connectivity index (χ3v) is 9.30. The Morgan fingerprint density at radius 2 is 1.82 bits per heavy atom. The molecule has 5 atom stereocenters. The van der Waals surface area contributed by atoms with Crippen LogP contribution in [0.5, 0.6) is 0 Å². The zero-order valence-electron chi connectivity index (χ0n) is 20.2. The molecule has 0 bridgehead atoms. The topological polar surface area (TPSA) is 88.1 Å². The molecule has 1 aliphatic heterocycles. The van der Waals surface area contributed by atoms with Crippen molar-refractivity contribution >= 4 is 28.3 Å². The molecule has 190 valence electrons. The smallest absolute Gasteiger partial charge is 0.303 e. The van der Waals surface area contributed by atoms with Gasteiger partial charge in [0.05, 0.1) is 25.6 Å². The maximum atomic E-state index is 15.2. The summed E-state index contributed by atoms with van der Waals surface area (Å²) in [6.45, 7) is 6.41. The summed E-state index contributed by atoms with van der Waals surface area (Å²) < 4.78 is 78.2. The fourth-order valence-electron chi connectivity index (χ4n) is 3.92. The molecule has 1 aliphatic rings. The van der Waals surface area contributed by atoms with Gasteiger partial charge in [-0.1, -0.05) is 30.3 Å². The van der Waals surface area contributed by atoms with Gasteiger partial charge in [0, 0.05) is 19.8 Å². The number of carbonyl (C=O) groups excluding carboxylic acids is 1. The highest BCUT2D eigenvalue weighted by atomic mass is 31.2. The number of hydrogen-bond donors (Lipinski definition) is 0. The van der Waals surface area contributed by atoms with E-state index in [0.717, 1.165) is 25.8 Å². The van der Waals surface area contributed by atoms with Crippen molar-refractivity contribution in [2.24, 2.45) is 0 Å². The summed E-state index contributed by atoms with van der Waals surface area (Å²) in [5.41, 5.74) is -4.73. The molecule has 12 heteroatoms. The number of benzene rings is 1. The summed E-state index contributed by atoms with van der Waals surface area (Å²) in [5, 5.41) is 0. The molecule has 2 radical (unpaired) electrons. The van der Waals surface area contributed by atoms with Gasteiger partial charge in [0.2, 0.25) is 0 Å². The Labute approximate surface area is 201 Å². The molecule has 7 nitrogen and oxygen atoms in total. The molecule has 1 fully saturated rings. The molecule has 1 heterocycles. The van der Waals surface area contributed by atoms with E-state index in [4.69, 9.17) is 26.6 Å². The molecular weight excluding hydrogens is 487 g/mol. The Kier molecular flexibility index (Phi) is 9.74. The van der Waals surface area contributed by atoms with Crippen LogP contribution in [-0.2, 0) is 39.3 Å². The van der Waals surface area contributed by atoms with Crippen LogP contribution in [0.1, 0.15) is 32.3 Å². The van der Waals surface area contributed by atoms with Gasteiger partial charge < -0.3 is 23.3 Å². The van der Waals surface area contributed by atoms with Gasteiger partial charge in [-0.05, 0) is 32.2 Å². The predicted octanol–water partition coefficient (Wildman–Crippen LogP) is 4.71. The molecule has 0 aromatic heterocycles. The largest absolute Gasteiger partial charge is 0.458 e. The molecule has 0 N–H and O–H groups in total. The number of halogens is 2. The lowest BCUT2D eigenvalue weighted by Crippen LogP contribution is -2.50. The highest BCUT2D eigenvalue weighted by Crippen LogP contribution is 2.60. The minimum absolute atomic E-state index is 0.00215. The number of hydrogen-bond acceptors (Lipinski definition) is 7. The summed E-state index contributed by atoms with van der Waals surface area (Å²) in [4.78, 5) is 11.8. The molecule has 2 rings (SSSR count). The normalized spacial score (nSPS) is 27.3. The Morgan fingerprint density at radius 1 is 1.21 bits per heavy atom. The van der Waals surface area contributed by atoms with Crippen molar-refractivity contribution < 1.29 is 41.4 Å². The van der Waals surface area contributed by atoms with E-state index < -0.39 is 56.4 Å². The summed E-state index contributed by atoms with van der Waals surface area (Å²) in [5.74, 6) is -0.688. The van der Waals surface area contributed by atoms with Crippen molar-refractivity contribution in [2.75, 3.05) is 32.8 Å². The van der Waals surface area contributed by atoms with Crippen molar-refractivity contribution in [3.63, 3.8) is 0 Å². The van der Waals surface area contributed by atoms with E-state index in [-0.39, 0.29) is 25.8 Å². The van der Waals surface area contributed by atoms with E-state index in [9.17, 15) is 13.9 Å². The van der Waals surface area contributed by atoms with Crippen LogP contribution in [0.2, 0.25) is 0 Å². The fraction of sp³-hybridized carbons (Fsp3) is 0.682. The summed E-state index contributed by atoms with van der Waals surface area (Å²) in [6, 6.07) is 7.69. The van der Waals surface area contributed by atoms with Gasteiger partial charge in [-0.2, -0.15) is 8.78 Å². The first-order valence-electron chi connectivity index (χ1n) is 11.0. The summed E-state index contributed by atoms with van der Waals surface area (Å²) in [6.07, 6.45) is -3.75. The van der Waals surface area contributed by atoms with Gasteiger partial charge >= 0.3 is 5.97 Å². The van der Waals surface area contributed by atoms with E-state index in [1.165, 1.54) is 6.66 Å². The first-order valence-corrected chi connectivity index (χ1v) is 15.9. The van der Waals surface area contributed by atoms with Crippen LogP contribution in [0.3, 0.4) is 0 Å². The fourth-order valence-corrected chi connectivity index (χ4v) is 6.02. The predicted molar refractivity (Wildman–Crippen MR) is 128 cm³/mol. The number of esters is 1. The zero-order chi connectivity index (χ0) is 25.8. The number of carbonyl (C=O) groups is 1. The maximum absolute atomic E-state index is 15.2. The SMILES string of the molecule is [B][C@@H]1O[C@](CCP(C)(=O)OCC)(CC(F)(F)P(C)(C)=O)[C@H](OCc2ccccc2)C1OC(C)=O. The summed E-state index contributed by atoms with van der Waals surface area (Å²) in [7, 11) is -0.997. The van der Waals surface area contributed by atoms with Crippen molar-refractivity contribution in [3.8, 4) is 0 Å². The monoisotopic (exact) mass is 520 g/mol. The standard InChI is InChI=1S/C22H33BF2O7P2/c1-6-30-34(5,28)13-12-21(15-22(24,25)33(3,4)27)19(18(20(23)32-21)31-16(2)26)29-14-17-10-8-7-9-11-17/h7-11,18-20H,6,12-15H2,1-5H3/t18?,19-,20-,21-,34?/m1/s1. The highest BCUT2D eigenvalue weighted by Gasteiger charge is 2.61. The quantitative estimate of drug-likeness (QED) is 0.224. The second-order valence-corrected chi connectivity index (χ2v) is 15.1.